The van der Waals surface area contributed by atoms with Crippen LogP contribution in [0.4, 0.5) is 0 Å². The van der Waals surface area contributed by atoms with Gasteiger partial charge in [0.25, 0.3) is 0 Å². The molecule has 0 aromatic heterocycles. The predicted molar refractivity (Wildman–Crippen MR) is 82.7 cm³/mol. The van der Waals surface area contributed by atoms with Crippen LogP contribution in [0.5, 0.6) is 0 Å². The molecule has 1 nitrogen and oxygen atoms in total. The summed E-state index contributed by atoms with van der Waals surface area (Å²) in [6.45, 7) is 0. The number of carbonyl (C=O) groups is 1. The molecule has 0 bridgehead atoms. The summed E-state index contributed by atoms with van der Waals surface area (Å²) in [7, 11) is 0. The third-order valence-corrected chi connectivity index (χ3v) is 3.37. The number of hydrogen-bond donors (Lipinski definition) is 0. The fourth-order valence-electron chi connectivity index (χ4n) is 2.35. The Morgan fingerprint density at radius 1 is 0.550 bits per heavy atom. The topological polar surface area (TPSA) is 17.1 Å². The van der Waals surface area contributed by atoms with E-state index in [2.05, 4.69) is 24.3 Å². The lowest BCUT2D eigenvalue weighted by Gasteiger charge is -2.10. The van der Waals surface area contributed by atoms with E-state index < -0.39 is 0 Å². The zero-order valence-electron chi connectivity index (χ0n) is 11.0. The van der Waals surface area contributed by atoms with Crippen molar-refractivity contribution in [3.63, 3.8) is 0 Å². The average Bonchev–Trinajstić information content (AvgIpc) is 2.56. The number of hydrogen-bond acceptors (Lipinski definition) is 1. The highest BCUT2D eigenvalue weighted by Gasteiger charge is 2.06. The summed E-state index contributed by atoms with van der Waals surface area (Å²) < 4.78 is 0. The molecule has 0 aliphatic heterocycles. The Morgan fingerprint density at radius 3 is 1.60 bits per heavy atom. The molecule has 0 radical (unpaired) electrons. The minimum absolute atomic E-state index is 0.700. The smallest absolute Gasteiger partial charge is 0.150 e. The van der Waals surface area contributed by atoms with Gasteiger partial charge >= 0.3 is 0 Å². The first kappa shape index (κ1) is 12.4. The van der Waals surface area contributed by atoms with Crippen molar-refractivity contribution >= 4 is 6.29 Å². The molecule has 0 saturated heterocycles. The van der Waals surface area contributed by atoms with Crippen molar-refractivity contribution in [2.24, 2.45) is 0 Å². The SMILES string of the molecule is O=Cc1ccc(-c2ccccc2-c2ccccc2)cc1. The molecule has 1 heteroatoms. The standard InChI is InChI=1S/C19H14O/c20-14-15-10-12-17(13-11-15)19-9-5-4-8-18(19)16-6-2-1-3-7-16/h1-14H. The fourth-order valence-corrected chi connectivity index (χ4v) is 2.35. The van der Waals surface area contributed by atoms with Crippen molar-refractivity contribution < 1.29 is 4.79 Å². The van der Waals surface area contributed by atoms with E-state index in [9.17, 15) is 4.79 Å². The van der Waals surface area contributed by atoms with Crippen LogP contribution in [0, 0.1) is 0 Å². The van der Waals surface area contributed by atoms with Gasteiger partial charge in [0.15, 0.2) is 0 Å². The summed E-state index contributed by atoms with van der Waals surface area (Å²) in [5, 5.41) is 0. The van der Waals surface area contributed by atoms with E-state index in [0.29, 0.717) is 5.56 Å². The van der Waals surface area contributed by atoms with Crippen LogP contribution < -0.4 is 0 Å². The van der Waals surface area contributed by atoms with Crippen LogP contribution in [0.15, 0.2) is 78.9 Å². The van der Waals surface area contributed by atoms with Gasteiger partial charge in [0, 0.05) is 5.56 Å². The van der Waals surface area contributed by atoms with E-state index in [0.717, 1.165) is 11.8 Å². The molecule has 0 spiro atoms. The van der Waals surface area contributed by atoms with E-state index in [1.165, 1.54) is 16.7 Å². The van der Waals surface area contributed by atoms with Crippen molar-refractivity contribution in [2.45, 2.75) is 0 Å². The maximum atomic E-state index is 10.7. The Labute approximate surface area is 118 Å². The largest absolute Gasteiger partial charge is 0.298 e. The zero-order chi connectivity index (χ0) is 13.8. The van der Waals surface area contributed by atoms with Crippen molar-refractivity contribution in [3.05, 3.63) is 84.4 Å². The van der Waals surface area contributed by atoms with Gasteiger partial charge in [0.2, 0.25) is 0 Å². The van der Waals surface area contributed by atoms with E-state index in [4.69, 9.17) is 0 Å². The van der Waals surface area contributed by atoms with Gasteiger partial charge in [0.1, 0.15) is 6.29 Å². The monoisotopic (exact) mass is 258 g/mol. The lowest BCUT2D eigenvalue weighted by atomic mass is 9.94. The number of benzene rings is 3. The second-order valence-corrected chi connectivity index (χ2v) is 4.65. The van der Waals surface area contributed by atoms with Crippen molar-refractivity contribution in [2.75, 3.05) is 0 Å². The van der Waals surface area contributed by atoms with Crippen LogP contribution in [-0.4, -0.2) is 6.29 Å². The maximum absolute atomic E-state index is 10.7. The quantitative estimate of drug-likeness (QED) is 0.615. The van der Waals surface area contributed by atoms with Crippen molar-refractivity contribution in [1.29, 1.82) is 0 Å². The van der Waals surface area contributed by atoms with E-state index in [1.807, 2.05) is 54.6 Å². The summed E-state index contributed by atoms with van der Waals surface area (Å²) in [5.74, 6) is 0. The number of carbonyl (C=O) groups excluding carboxylic acids is 1. The number of rotatable bonds is 3. The minimum atomic E-state index is 0.700. The molecule has 20 heavy (non-hydrogen) atoms. The van der Waals surface area contributed by atoms with Gasteiger partial charge in [-0.2, -0.15) is 0 Å². The van der Waals surface area contributed by atoms with Gasteiger partial charge in [-0.1, -0.05) is 78.9 Å². The zero-order valence-corrected chi connectivity index (χ0v) is 11.0. The lowest BCUT2D eigenvalue weighted by molar-refractivity contribution is 0.112. The third kappa shape index (κ3) is 2.39. The molecule has 0 saturated carbocycles. The van der Waals surface area contributed by atoms with Crippen LogP contribution in [0.25, 0.3) is 22.3 Å². The molecule has 0 amide bonds. The Morgan fingerprint density at radius 2 is 1.05 bits per heavy atom. The van der Waals surface area contributed by atoms with Crippen LogP contribution in [-0.2, 0) is 0 Å². The van der Waals surface area contributed by atoms with Gasteiger partial charge in [-0.25, -0.2) is 0 Å². The molecular formula is C19H14O. The summed E-state index contributed by atoms with van der Waals surface area (Å²) >= 11 is 0. The van der Waals surface area contributed by atoms with Gasteiger partial charge in [-0.3, -0.25) is 4.79 Å². The molecular weight excluding hydrogens is 244 g/mol. The molecule has 96 valence electrons. The first-order valence-corrected chi connectivity index (χ1v) is 6.58. The van der Waals surface area contributed by atoms with Crippen LogP contribution in [0.1, 0.15) is 10.4 Å². The lowest BCUT2D eigenvalue weighted by Crippen LogP contribution is -1.86. The second kappa shape index (κ2) is 5.54. The molecule has 3 aromatic carbocycles. The molecule has 0 heterocycles. The Kier molecular flexibility index (Phi) is 3.42. The Hall–Kier alpha value is -2.67. The van der Waals surface area contributed by atoms with Gasteiger partial charge < -0.3 is 0 Å². The van der Waals surface area contributed by atoms with Crippen molar-refractivity contribution in [1.82, 2.24) is 0 Å². The van der Waals surface area contributed by atoms with Crippen molar-refractivity contribution in [3.8, 4) is 22.3 Å². The maximum Gasteiger partial charge on any atom is 0.150 e. The summed E-state index contributed by atoms with van der Waals surface area (Å²) in [4.78, 5) is 10.7. The highest BCUT2D eigenvalue weighted by molar-refractivity contribution is 5.84. The molecule has 0 aliphatic carbocycles. The number of aldehydes is 1. The molecule has 0 N–H and O–H groups in total. The fraction of sp³-hybridized carbons (Fsp3) is 0. The normalized spacial score (nSPS) is 10.2. The van der Waals surface area contributed by atoms with E-state index in [1.54, 1.807) is 0 Å². The van der Waals surface area contributed by atoms with Gasteiger partial charge in [-0.05, 0) is 22.3 Å². The van der Waals surface area contributed by atoms with Crippen LogP contribution in [0.2, 0.25) is 0 Å². The Bertz CT molecular complexity index is 712. The highest BCUT2D eigenvalue weighted by atomic mass is 16.1. The highest BCUT2D eigenvalue weighted by Crippen LogP contribution is 2.31. The summed E-state index contributed by atoms with van der Waals surface area (Å²) in [6, 6.07) is 26.3. The van der Waals surface area contributed by atoms with E-state index >= 15 is 0 Å². The summed E-state index contributed by atoms with van der Waals surface area (Å²) in [5.41, 5.74) is 5.40. The molecule has 3 aromatic rings. The molecule has 0 fully saturated rings. The first-order chi connectivity index (χ1) is 9.88. The molecule has 3 rings (SSSR count). The van der Waals surface area contributed by atoms with Crippen LogP contribution >= 0.6 is 0 Å². The Balaban J connectivity index is 2.12. The van der Waals surface area contributed by atoms with Gasteiger partial charge in [-0.15, -0.1) is 0 Å². The van der Waals surface area contributed by atoms with Gasteiger partial charge in [0.05, 0.1) is 0 Å². The molecule has 0 unspecified atom stereocenters. The van der Waals surface area contributed by atoms with Crippen LogP contribution in [0.3, 0.4) is 0 Å². The van der Waals surface area contributed by atoms with E-state index in [-0.39, 0.29) is 0 Å². The molecule has 0 aliphatic rings. The summed E-state index contributed by atoms with van der Waals surface area (Å²) in [6.07, 6.45) is 0.868. The predicted octanol–water partition coefficient (Wildman–Crippen LogP) is 4.83. The molecule has 0 atom stereocenters. The third-order valence-electron chi connectivity index (χ3n) is 3.37. The first-order valence-electron chi connectivity index (χ1n) is 6.58. The minimum Gasteiger partial charge on any atom is -0.298 e. The second-order valence-electron chi connectivity index (χ2n) is 4.65. The average molecular weight is 258 g/mol.